The highest BCUT2D eigenvalue weighted by Gasteiger charge is 2.40. The van der Waals surface area contributed by atoms with E-state index in [9.17, 15) is 9.90 Å². The van der Waals surface area contributed by atoms with E-state index in [2.05, 4.69) is 27.5 Å². The second-order valence-electron chi connectivity index (χ2n) is 7.69. The molecule has 1 aromatic rings. The van der Waals surface area contributed by atoms with Crippen molar-refractivity contribution in [3.05, 3.63) is 11.1 Å². The first-order valence-corrected chi connectivity index (χ1v) is 11.6. The lowest BCUT2D eigenvalue weighted by atomic mass is 9.88. The van der Waals surface area contributed by atoms with E-state index in [4.69, 9.17) is 0 Å². The largest absolute Gasteiger partial charge is 0.380 e. The van der Waals surface area contributed by atoms with Gasteiger partial charge in [0.2, 0.25) is 0 Å². The zero-order valence-corrected chi connectivity index (χ0v) is 17.5. The molecule has 0 atom stereocenters. The van der Waals surface area contributed by atoms with Crippen molar-refractivity contribution >= 4 is 29.0 Å². The Morgan fingerprint density at radius 1 is 1.38 bits per heavy atom. The van der Waals surface area contributed by atoms with Crippen LogP contribution in [0.4, 0.5) is 0 Å². The van der Waals surface area contributed by atoms with Gasteiger partial charge < -0.3 is 15.3 Å². The van der Waals surface area contributed by atoms with Gasteiger partial charge >= 0.3 is 0 Å². The molecular weight excluding hydrogens is 366 g/mol. The van der Waals surface area contributed by atoms with Gasteiger partial charge in [-0.05, 0) is 58.4 Å². The first-order chi connectivity index (χ1) is 12.5. The van der Waals surface area contributed by atoms with Crippen molar-refractivity contribution in [1.29, 1.82) is 0 Å². The maximum atomic E-state index is 12.6. The summed E-state index contributed by atoms with van der Waals surface area (Å²) in [6.07, 6.45) is 6.39. The van der Waals surface area contributed by atoms with Gasteiger partial charge in [0.1, 0.15) is 9.94 Å². The number of likely N-dealkylation sites (tertiary alicyclic amines) is 1. The molecule has 1 amide bonds. The third-order valence-electron chi connectivity index (χ3n) is 5.52. The normalized spacial score (nSPS) is 26.6. The van der Waals surface area contributed by atoms with Crippen molar-refractivity contribution in [1.82, 2.24) is 15.2 Å². The summed E-state index contributed by atoms with van der Waals surface area (Å²) in [5.74, 6) is -0.153. The van der Waals surface area contributed by atoms with Crippen LogP contribution >= 0.6 is 23.1 Å². The third-order valence-corrected chi connectivity index (χ3v) is 7.95. The van der Waals surface area contributed by atoms with Gasteiger partial charge in [0.25, 0.3) is 5.91 Å². The number of hydrogen-bond donors (Lipinski definition) is 2. The SMILES string of the molecule is CCCN1CCC(O)(C(=O)NC2CCC(Sc3nc(C)cs3)CC2)CC1. The second-order valence-corrected chi connectivity index (χ2v) is 10.1. The first-order valence-electron chi connectivity index (χ1n) is 9.83. The number of nitrogens with zero attached hydrogens (tertiary/aromatic N) is 2. The van der Waals surface area contributed by atoms with E-state index < -0.39 is 5.60 Å². The van der Waals surface area contributed by atoms with Crippen molar-refractivity contribution in [3.63, 3.8) is 0 Å². The van der Waals surface area contributed by atoms with Crippen LogP contribution < -0.4 is 5.32 Å². The van der Waals surface area contributed by atoms with E-state index in [1.54, 1.807) is 11.3 Å². The van der Waals surface area contributed by atoms with Crippen LogP contribution in [0.2, 0.25) is 0 Å². The summed E-state index contributed by atoms with van der Waals surface area (Å²) in [7, 11) is 0. The summed E-state index contributed by atoms with van der Waals surface area (Å²) in [6, 6.07) is 0.204. The number of carbonyl (C=O) groups excluding carboxylic acids is 1. The highest BCUT2D eigenvalue weighted by molar-refractivity contribution is 8.01. The van der Waals surface area contributed by atoms with E-state index >= 15 is 0 Å². The molecule has 1 aliphatic carbocycles. The smallest absolute Gasteiger partial charge is 0.252 e. The number of rotatable bonds is 6. The molecule has 2 fully saturated rings. The van der Waals surface area contributed by atoms with Gasteiger partial charge in [0.15, 0.2) is 0 Å². The molecule has 2 aliphatic rings. The van der Waals surface area contributed by atoms with Crippen LogP contribution in [0.5, 0.6) is 0 Å². The molecule has 146 valence electrons. The van der Waals surface area contributed by atoms with Gasteiger partial charge in [-0.2, -0.15) is 0 Å². The van der Waals surface area contributed by atoms with Crippen molar-refractivity contribution in [2.24, 2.45) is 0 Å². The molecule has 1 aromatic heterocycles. The Balaban J connectivity index is 1.42. The quantitative estimate of drug-likeness (QED) is 0.772. The van der Waals surface area contributed by atoms with Crippen LogP contribution in [0, 0.1) is 6.92 Å². The molecule has 1 saturated carbocycles. The number of aromatic nitrogens is 1. The van der Waals surface area contributed by atoms with Gasteiger partial charge in [-0.25, -0.2) is 4.98 Å². The maximum absolute atomic E-state index is 12.6. The molecule has 0 unspecified atom stereocenters. The summed E-state index contributed by atoms with van der Waals surface area (Å²) in [5, 5.41) is 16.6. The number of thioether (sulfide) groups is 1. The van der Waals surface area contributed by atoms with Gasteiger partial charge in [0, 0.05) is 35.5 Å². The van der Waals surface area contributed by atoms with E-state index in [-0.39, 0.29) is 11.9 Å². The summed E-state index contributed by atoms with van der Waals surface area (Å²) < 4.78 is 1.16. The summed E-state index contributed by atoms with van der Waals surface area (Å²) in [6.45, 7) is 6.88. The van der Waals surface area contributed by atoms with Crippen LogP contribution in [0.15, 0.2) is 9.72 Å². The molecule has 1 saturated heterocycles. The standard InChI is InChI=1S/C19H31N3O2S2/c1-3-10-22-11-8-19(24,9-12-22)17(23)21-15-4-6-16(7-5-15)26-18-20-14(2)13-25-18/h13,15-16,24H,3-12H2,1-2H3,(H,21,23). The molecular formula is C19H31N3O2S2. The molecule has 7 heteroatoms. The van der Waals surface area contributed by atoms with Crippen LogP contribution in [-0.4, -0.2) is 57.4 Å². The van der Waals surface area contributed by atoms with E-state index in [0.717, 1.165) is 61.8 Å². The molecule has 2 heterocycles. The maximum Gasteiger partial charge on any atom is 0.252 e. The zero-order valence-electron chi connectivity index (χ0n) is 15.9. The molecule has 5 nitrogen and oxygen atoms in total. The molecule has 0 radical (unpaired) electrons. The van der Waals surface area contributed by atoms with Crippen LogP contribution in [-0.2, 0) is 4.79 Å². The summed E-state index contributed by atoms with van der Waals surface area (Å²) >= 11 is 3.60. The minimum Gasteiger partial charge on any atom is -0.380 e. The fourth-order valence-corrected chi connectivity index (χ4v) is 6.15. The minimum atomic E-state index is -1.17. The number of hydrogen-bond acceptors (Lipinski definition) is 6. The van der Waals surface area contributed by atoms with Crippen LogP contribution in [0.25, 0.3) is 0 Å². The van der Waals surface area contributed by atoms with E-state index in [0.29, 0.717) is 18.1 Å². The monoisotopic (exact) mass is 397 g/mol. The molecule has 1 aliphatic heterocycles. The topological polar surface area (TPSA) is 65.5 Å². The second kappa shape index (κ2) is 9.04. The van der Waals surface area contributed by atoms with Crippen LogP contribution in [0.3, 0.4) is 0 Å². The van der Waals surface area contributed by atoms with Crippen molar-refractivity contribution < 1.29 is 9.90 Å². The molecule has 0 bridgehead atoms. The molecule has 3 rings (SSSR count). The number of piperidine rings is 1. The Bertz CT molecular complexity index is 591. The highest BCUT2D eigenvalue weighted by Crippen LogP contribution is 2.35. The third kappa shape index (κ3) is 5.21. The zero-order chi connectivity index (χ0) is 18.6. The Morgan fingerprint density at radius 2 is 2.08 bits per heavy atom. The molecule has 26 heavy (non-hydrogen) atoms. The Kier molecular flexibility index (Phi) is 6.99. The van der Waals surface area contributed by atoms with Gasteiger partial charge in [0.05, 0.1) is 0 Å². The predicted octanol–water partition coefficient (Wildman–Crippen LogP) is 3.21. The molecule has 0 spiro atoms. The average Bonchev–Trinajstić information content (AvgIpc) is 3.04. The number of thiazole rings is 1. The number of aryl methyl sites for hydroxylation is 1. The van der Waals surface area contributed by atoms with E-state index in [1.165, 1.54) is 0 Å². The predicted molar refractivity (Wildman–Crippen MR) is 108 cm³/mol. The summed E-state index contributed by atoms with van der Waals surface area (Å²) in [4.78, 5) is 19.5. The average molecular weight is 398 g/mol. The van der Waals surface area contributed by atoms with Gasteiger partial charge in [-0.15, -0.1) is 11.3 Å². The van der Waals surface area contributed by atoms with Gasteiger partial charge in [-0.3, -0.25) is 4.79 Å². The fourth-order valence-electron chi connectivity index (χ4n) is 3.86. The lowest BCUT2D eigenvalue weighted by molar-refractivity contribution is -0.145. The number of aliphatic hydroxyl groups is 1. The first kappa shape index (κ1) is 20.1. The van der Waals surface area contributed by atoms with E-state index in [1.807, 2.05) is 18.7 Å². The number of carbonyl (C=O) groups is 1. The molecule has 0 aromatic carbocycles. The lowest BCUT2D eigenvalue weighted by Gasteiger charge is -2.38. The lowest BCUT2D eigenvalue weighted by Crippen LogP contribution is -2.56. The number of amides is 1. The summed E-state index contributed by atoms with van der Waals surface area (Å²) in [5.41, 5.74) is -0.0782. The highest BCUT2D eigenvalue weighted by atomic mass is 32.2. The van der Waals surface area contributed by atoms with Crippen LogP contribution in [0.1, 0.15) is 57.6 Å². The Labute approximate surface area is 165 Å². The van der Waals surface area contributed by atoms with Crippen molar-refractivity contribution in [3.8, 4) is 0 Å². The van der Waals surface area contributed by atoms with Crippen molar-refractivity contribution in [2.75, 3.05) is 19.6 Å². The van der Waals surface area contributed by atoms with Crippen molar-refractivity contribution in [2.45, 2.75) is 80.0 Å². The number of nitrogens with one attached hydrogen (secondary N) is 1. The minimum absolute atomic E-state index is 0.153. The fraction of sp³-hybridized carbons (Fsp3) is 0.789. The Hall–Kier alpha value is -0.630. The van der Waals surface area contributed by atoms with Gasteiger partial charge in [-0.1, -0.05) is 18.7 Å². The Morgan fingerprint density at radius 3 is 2.65 bits per heavy atom. The molecule has 2 N–H and O–H groups in total.